The number of benzene rings is 1. The van der Waals surface area contributed by atoms with Gasteiger partial charge in [0.15, 0.2) is 0 Å². The van der Waals surface area contributed by atoms with E-state index in [0.717, 1.165) is 5.56 Å². The van der Waals surface area contributed by atoms with Gasteiger partial charge in [-0.2, -0.15) is 0 Å². The Morgan fingerprint density at radius 3 is 2.71 bits per heavy atom. The third-order valence-electron chi connectivity index (χ3n) is 1.88. The van der Waals surface area contributed by atoms with E-state index in [0.29, 0.717) is 5.75 Å². The van der Waals surface area contributed by atoms with Crippen molar-refractivity contribution >= 4 is 0 Å². The lowest BCUT2D eigenvalue weighted by atomic mass is 10.1. The second-order valence-corrected chi connectivity index (χ2v) is 3.76. The first-order valence-corrected chi connectivity index (χ1v) is 4.56. The van der Waals surface area contributed by atoms with E-state index in [4.69, 9.17) is 9.84 Å². The number of ether oxygens (including phenoxy) is 1. The van der Waals surface area contributed by atoms with Gasteiger partial charge in [-0.3, -0.25) is 0 Å². The Labute approximate surface area is 84.0 Å². The quantitative estimate of drug-likeness (QED) is 0.758. The van der Waals surface area contributed by atoms with Gasteiger partial charge in [0, 0.05) is 0 Å². The molecule has 2 N–H and O–H groups in total. The maximum absolute atomic E-state index is 9.48. The monoisotopic (exact) mass is 196 g/mol. The fourth-order valence-electron chi connectivity index (χ4n) is 0.990. The lowest BCUT2D eigenvalue weighted by Crippen LogP contribution is -2.36. The Kier molecular flexibility index (Phi) is 3.49. The van der Waals surface area contributed by atoms with Crippen LogP contribution in [0.25, 0.3) is 0 Å². The zero-order valence-corrected chi connectivity index (χ0v) is 8.53. The molecule has 0 bridgehead atoms. The standard InChI is InChI=1S/C11H16O3/c1-9-4-3-5-10(6-9)14-8-11(2,13)7-12/h3-6,12-13H,7-8H2,1-2H3. The summed E-state index contributed by atoms with van der Waals surface area (Å²) < 4.78 is 5.33. The molecule has 1 unspecified atom stereocenters. The van der Waals surface area contributed by atoms with Crippen LogP contribution in [-0.2, 0) is 0 Å². The highest BCUT2D eigenvalue weighted by molar-refractivity contribution is 5.27. The zero-order chi connectivity index (χ0) is 10.6. The van der Waals surface area contributed by atoms with Crippen LogP contribution in [0.15, 0.2) is 24.3 Å². The van der Waals surface area contributed by atoms with E-state index in [1.165, 1.54) is 6.92 Å². The molecule has 0 saturated carbocycles. The molecule has 0 aliphatic heterocycles. The van der Waals surface area contributed by atoms with Gasteiger partial charge < -0.3 is 14.9 Å². The molecule has 1 aromatic rings. The summed E-state index contributed by atoms with van der Waals surface area (Å²) in [4.78, 5) is 0. The van der Waals surface area contributed by atoms with Crippen LogP contribution >= 0.6 is 0 Å². The molecular formula is C11H16O3. The predicted molar refractivity (Wildman–Crippen MR) is 54.4 cm³/mol. The van der Waals surface area contributed by atoms with Gasteiger partial charge in [0.1, 0.15) is 18.0 Å². The molecule has 0 aliphatic rings. The van der Waals surface area contributed by atoms with E-state index in [-0.39, 0.29) is 13.2 Å². The van der Waals surface area contributed by atoms with Crippen LogP contribution in [0.4, 0.5) is 0 Å². The molecule has 3 heteroatoms. The van der Waals surface area contributed by atoms with E-state index < -0.39 is 5.60 Å². The Balaban J connectivity index is 2.54. The summed E-state index contributed by atoms with van der Waals surface area (Å²) in [6.45, 7) is 3.28. The highest BCUT2D eigenvalue weighted by atomic mass is 16.5. The van der Waals surface area contributed by atoms with Crippen molar-refractivity contribution in [3.63, 3.8) is 0 Å². The summed E-state index contributed by atoms with van der Waals surface area (Å²) in [6.07, 6.45) is 0. The summed E-state index contributed by atoms with van der Waals surface area (Å²) in [5.41, 5.74) is -0.0739. The Hall–Kier alpha value is -1.06. The minimum atomic E-state index is -1.18. The van der Waals surface area contributed by atoms with E-state index in [9.17, 15) is 5.11 Å². The van der Waals surface area contributed by atoms with Gasteiger partial charge in [-0.1, -0.05) is 12.1 Å². The second-order valence-electron chi connectivity index (χ2n) is 3.76. The average molecular weight is 196 g/mol. The molecule has 0 amide bonds. The fraction of sp³-hybridized carbons (Fsp3) is 0.455. The summed E-state index contributed by atoms with van der Waals surface area (Å²) in [5, 5.41) is 18.3. The first-order chi connectivity index (χ1) is 6.53. The van der Waals surface area contributed by atoms with E-state index in [1.54, 1.807) is 0 Å². The van der Waals surface area contributed by atoms with Crippen LogP contribution < -0.4 is 4.74 Å². The molecule has 0 fully saturated rings. The van der Waals surface area contributed by atoms with Crippen molar-refractivity contribution in [1.29, 1.82) is 0 Å². The molecule has 0 spiro atoms. The van der Waals surface area contributed by atoms with Crippen molar-refractivity contribution in [3.05, 3.63) is 29.8 Å². The largest absolute Gasteiger partial charge is 0.491 e. The minimum Gasteiger partial charge on any atom is -0.491 e. The van der Waals surface area contributed by atoms with Gasteiger partial charge in [-0.05, 0) is 31.5 Å². The van der Waals surface area contributed by atoms with Crippen molar-refractivity contribution < 1.29 is 14.9 Å². The van der Waals surface area contributed by atoms with E-state index in [1.807, 2.05) is 31.2 Å². The van der Waals surface area contributed by atoms with Crippen LogP contribution in [-0.4, -0.2) is 29.0 Å². The number of hydrogen-bond donors (Lipinski definition) is 2. The van der Waals surface area contributed by atoms with Crippen molar-refractivity contribution in [2.45, 2.75) is 19.4 Å². The number of aryl methyl sites for hydroxylation is 1. The van der Waals surface area contributed by atoms with E-state index in [2.05, 4.69) is 0 Å². The molecule has 0 heterocycles. The van der Waals surface area contributed by atoms with Crippen molar-refractivity contribution in [2.24, 2.45) is 0 Å². The summed E-state index contributed by atoms with van der Waals surface area (Å²) in [6, 6.07) is 7.56. The molecule has 3 nitrogen and oxygen atoms in total. The van der Waals surface area contributed by atoms with Crippen LogP contribution in [0.1, 0.15) is 12.5 Å². The molecule has 0 radical (unpaired) electrons. The van der Waals surface area contributed by atoms with Gasteiger partial charge in [0.25, 0.3) is 0 Å². The molecule has 14 heavy (non-hydrogen) atoms. The topological polar surface area (TPSA) is 49.7 Å². The summed E-state index contributed by atoms with van der Waals surface area (Å²) in [5.74, 6) is 0.707. The average Bonchev–Trinajstić information content (AvgIpc) is 2.15. The summed E-state index contributed by atoms with van der Waals surface area (Å²) >= 11 is 0. The fourth-order valence-corrected chi connectivity index (χ4v) is 0.990. The molecule has 0 aliphatic carbocycles. The normalized spacial score (nSPS) is 14.9. The van der Waals surface area contributed by atoms with Gasteiger partial charge >= 0.3 is 0 Å². The lowest BCUT2D eigenvalue weighted by Gasteiger charge is -2.20. The highest BCUT2D eigenvalue weighted by Gasteiger charge is 2.19. The van der Waals surface area contributed by atoms with Crippen LogP contribution in [0.5, 0.6) is 5.75 Å². The van der Waals surface area contributed by atoms with E-state index >= 15 is 0 Å². The number of hydrogen-bond acceptors (Lipinski definition) is 3. The van der Waals surface area contributed by atoms with Crippen molar-refractivity contribution in [3.8, 4) is 5.75 Å². The first-order valence-electron chi connectivity index (χ1n) is 4.56. The van der Waals surface area contributed by atoms with Crippen molar-refractivity contribution in [2.75, 3.05) is 13.2 Å². The van der Waals surface area contributed by atoms with Gasteiger partial charge in [0.05, 0.1) is 6.61 Å². The molecule has 0 saturated heterocycles. The minimum absolute atomic E-state index is 0.0902. The SMILES string of the molecule is Cc1cccc(OCC(C)(O)CO)c1. The molecule has 1 aromatic carbocycles. The third kappa shape index (κ3) is 3.36. The van der Waals surface area contributed by atoms with Crippen LogP contribution in [0, 0.1) is 6.92 Å². The molecule has 1 atom stereocenters. The maximum Gasteiger partial charge on any atom is 0.119 e. The molecule has 78 valence electrons. The summed E-state index contributed by atoms with van der Waals surface area (Å²) in [7, 11) is 0. The highest BCUT2D eigenvalue weighted by Crippen LogP contribution is 2.14. The lowest BCUT2D eigenvalue weighted by molar-refractivity contribution is -0.0325. The van der Waals surface area contributed by atoms with Gasteiger partial charge in [-0.25, -0.2) is 0 Å². The van der Waals surface area contributed by atoms with Gasteiger partial charge in [0.2, 0.25) is 0 Å². The maximum atomic E-state index is 9.48. The Morgan fingerprint density at radius 2 is 2.14 bits per heavy atom. The molecule has 0 aromatic heterocycles. The van der Waals surface area contributed by atoms with Crippen LogP contribution in [0.3, 0.4) is 0 Å². The molecular weight excluding hydrogens is 180 g/mol. The predicted octanol–water partition coefficient (Wildman–Crippen LogP) is 1.12. The van der Waals surface area contributed by atoms with Gasteiger partial charge in [-0.15, -0.1) is 0 Å². The Bertz CT molecular complexity index is 294. The van der Waals surface area contributed by atoms with Crippen molar-refractivity contribution in [1.82, 2.24) is 0 Å². The Morgan fingerprint density at radius 1 is 1.43 bits per heavy atom. The number of aliphatic hydroxyl groups is 2. The second kappa shape index (κ2) is 4.44. The number of aliphatic hydroxyl groups excluding tert-OH is 1. The smallest absolute Gasteiger partial charge is 0.119 e. The molecule has 1 rings (SSSR count). The first kappa shape index (κ1) is 11.0. The third-order valence-corrected chi connectivity index (χ3v) is 1.88. The van der Waals surface area contributed by atoms with Crippen LogP contribution in [0.2, 0.25) is 0 Å². The zero-order valence-electron chi connectivity index (χ0n) is 8.53. The number of rotatable bonds is 4.